The summed E-state index contributed by atoms with van der Waals surface area (Å²) < 4.78 is 41.5. The first kappa shape index (κ1) is 19.5. The third kappa shape index (κ3) is 4.73. The Bertz CT molecular complexity index is 904. The summed E-state index contributed by atoms with van der Waals surface area (Å²) in [6.45, 7) is 1.73. The second-order valence-electron chi connectivity index (χ2n) is 6.21. The van der Waals surface area contributed by atoms with Crippen molar-refractivity contribution in [3.05, 3.63) is 82.7 Å². The van der Waals surface area contributed by atoms with E-state index in [1.54, 1.807) is 10.6 Å². The second kappa shape index (κ2) is 8.19. The Morgan fingerprint density at radius 2 is 1.78 bits per heavy atom. The lowest BCUT2D eigenvalue weighted by atomic mass is 10.1. The van der Waals surface area contributed by atoms with Crippen molar-refractivity contribution < 1.29 is 18.3 Å². The van der Waals surface area contributed by atoms with Gasteiger partial charge in [0.05, 0.1) is 30.6 Å². The molecule has 0 saturated heterocycles. The minimum Gasteiger partial charge on any atom is -0.390 e. The van der Waals surface area contributed by atoms with Gasteiger partial charge in [-0.05, 0) is 24.1 Å². The largest absolute Gasteiger partial charge is 0.416 e. The molecule has 0 amide bonds. The highest BCUT2D eigenvalue weighted by Crippen LogP contribution is 2.33. The average Bonchev–Trinajstić information content (AvgIpc) is 3.02. The topological polar surface area (TPSA) is 38.1 Å². The van der Waals surface area contributed by atoms with Crippen molar-refractivity contribution in [2.24, 2.45) is 0 Å². The van der Waals surface area contributed by atoms with Crippen molar-refractivity contribution in [2.45, 2.75) is 37.2 Å². The van der Waals surface area contributed by atoms with Crippen LogP contribution in [-0.4, -0.2) is 14.7 Å². The minimum atomic E-state index is -4.42. The molecule has 0 fully saturated rings. The van der Waals surface area contributed by atoms with Gasteiger partial charge in [0.15, 0.2) is 5.16 Å². The molecule has 0 spiro atoms. The zero-order valence-corrected chi connectivity index (χ0v) is 15.5. The molecule has 1 aromatic heterocycles. The van der Waals surface area contributed by atoms with Crippen LogP contribution in [0.1, 0.15) is 27.9 Å². The SMILES string of the molecule is Cc1ccc(CSc2ncc(CO)n2Cc2ccccc2C(F)(F)F)cc1. The molecule has 142 valence electrons. The van der Waals surface area contributed by atoms with Gasteiger partial charge < -0.3 is 9.67 Å². The van der Waals surface area contributed by atoms with Crippen molar-refractivity contribution in [3.8, 4) is 0 Å². The first-order valence-corrected chi connectivity index (χ1v) is 9.35. The zero-order chi connectivity index (χ0) is 19.4. The van der Waals surface area contributed by atoms with Crippen molar-refractivity contribution in [1.82, 2.24) is 9.55 Å². The van der Waals surface area contributed by atoms with E-state index in [1.807, 2.05) is 31.2 Å². The summed E-state index contributed by atoms with van der Waals surface area (Å²) in [5.74, 6) is 0.642. The standard InChI is InChI=1S/C20H19F3N2OS/c1-14-6-8-15(9-7-14)13-27-19-24-10-17(12-26)25(19)11-16-4-2-3-5-18(16)20(21,22)23/h2-10,26H,11-13H2,1H3. The van der Waals surface area contributed by atoms with Gasteiger partial charge in [-0.15, -0.1) is 0 Å². The molecule has 1 heterocycles. The highest BCUT2D eigenvalue weighted by atomic mass is 32.2. The lowest BCUT2D eigenvalue weighted by Crippen LogP contribution is -2.13. The van der Waals surface area contributed by atoms with Crippen LogP contribution in [0.3, 0.4) is 0 Å². The van der Waals surface area contributed by atoms with Crippen molar-refractivity contribution in [3.63, 3.8) is 0 Å². The van der Waals surface area contributed by atoms with Gasteiger partial charge in [0.2, 0.25) is 0 Å². The third-order valence-electron chi connectivity index (χ3n) is 4.20. The first-order chi connectivity index (χ1) is 12.9. The number of aryl methyl sites for hydroxylation is 1. The number of aliphatic hydroxyl groups excluding tert-OH is 1. The Morgan fingerprint density at radius 3 is 2.44 bits per heavy atom. The number of aromatic nitrogens is 2. The number of alkyl halides is 3. The van der Waals surface area contributed by atoms with Crippen LogP contribution in [0.2, 0.25) is 0 Å². The molecule has 0 radical (unpaired) electrons. The van der Waals surface area contributed by atoms with E-state index in [9.17, 15) is 18.3 Å². The fourth-order valence-corrected chi connectivity index (χ4v) is 3.69. The van der Waals surface area contributed by atoms with E-state index in [1.165, 1.54) is 30.1 Å². The van der Waals surface area contributed by atoms with Crippen LogP contribution in [0, 0.1) is 6.92 Å². The van der Waals surface area contributed by atoms with Crippen LogP contribution < -0.4 is 0 Å². The van der Waals surface area contributed by atoms with Crippen LogP contribution >= 0.6 is 11.8 Å². The van der Waals surface area contributed by atoms with Gasteiger partial charge in [-0.3, -0.25) is 0 Å². The van der Waals surface area contributed by atoms with Crippen molar-refractivity contribution in [1.29, 1.82) is 0 Å². The Labute approximate surface area is 159 Å². The van der Waals surface area contributed by atoms with E-state index >= 15 is 0 Å². The molecule has 1 N–H and O–H groups in total. The highest BCUT2D eigenvalue weighted by Gasteiger charge is 2.33. The van der Waals surface area contributed by atoms with Crippen LogP contribution in [0.4, 0.5) is 13.2 Å². The Morgan fingerprint density at radius 1 is 1.07 bits per heavy atom. The quantitative estimate of drug-likeness (QED) is 0.597. The normalized spacial score (nSPS) is 11.7. The molecular formula is C20H19F3N2OS. The molecule has 7 heteroatoms. The van der Waals surface area contributed by atoms with Crippen LogP contribution in [0.5, 0.6) is 0 Å². The number of benzene rings is 2. The summed E-state index contributed by atoms with van der Waals surface area (Å²) >= 11 is 1.43. The summed E-state index contributed by atoms with van der Waals surface area (Å²) in [6.07, 6.45) is -2.92. The maximum atomic E-state index is 13.3. The second-order valence-corrected chi connectivity index (χ2v) is 7.15. The van der Waals surface area contributed by atoms with Gasteiger partial charge in [0, 0.05) is 5.75 Å². The number of halogens is 3. The number of hydrogen-bond donors (Lipinski definition) is 1. The zero-order valence-electron chi connectivity index (χ0n) is 14.7. The molecule has 0 aliphatic rings. The van der Waals surface area contributed by atoms with Crippen LogP contribution in [-0.2, 0) is 25.1 Å². The summed E-state index contributed by atoms with van der Waals surface area (Å²) in [5, 5.41) is 10.1. The number of nitrogens with zero attached hydrogens (tertiary/aromatic N) is 2. The smallest absolute Gasteiger partial charge is 0.390 e. The molecule has 0 atom stereocenters. The predicted octanol–water partition coefficient (Wildman–Crippen LogP) is 5.04. The van der Waals surface area contributed by atoms with Crippen molar-refractivity contribution in [2.75, 3.05) is 0 Å². The van der Waals surface area contributed by atoms with Gasteiger partial charge in [-0.2, -0.15) is 13.2 Å². The summed E-state index contributed by atoms with van der Waals surface area (Å²) in [5.41, 5.74) is 2.23. The monoisotopic (exact) mass is 392 g/mol. The van der Waals surface area contributed by atoms with Crippen LogP contribution in [0.15, 0.2) is 59.9 Å². The first-order valence-electron chi connectivity index (χ1n) is 8.37. The molecule has 27 heavy (non-hydrogen) atoms. The lowest BCUT2D eigenvalue weighted by Gasteiger charge is -2.16. The fraction of sp³-hybridized carbons (Fsp3) is 0.250. The molecular weight excluding hydrogens is 373 g/mol. The molecule has 0 bridgehead atoms. The van der Waals surface area contributed by atoms with E-state index < -0.39 is 11.7 Å². The van der Waals surface area contributed by atoms with Gasteiger partial charge in [-0.1, -0.05) is 59.8 Å². The van der Waals surface area contributed by atoms with E-state index in [0.717, 1.165) is 17.2 Å². The maximum Gasteiger partial charge on any atom is 0.416 e. The maximum absolute atomic E-state index is 13.3. The van der Waals surface area contributed by atoms with Crippen LogP contribution in [0.25, 0.3) is 0 Å². The molecule has 3 nitrogen and oxygen atoms in total. The summed E-state index contributed by atoms with van der Waals surface area (Å²) in [7, 11) is 0. The number of hydrogen-bond acceptors (Lipinski definition) is 3. The molecule has 0 aliphatic heterocycles. The molecule has 0 saturated carbocycles. The van der Waals surface area contributed by atoms with Gasteiger partial charge in [0.1, 0.15) is 0 Å². The lowest BCUT2D eigenvalue weighted by molar-refractivity contribution is -0.138. The van der Waals surface area contributed by atoms with Gasteiger partial charge in [0.25, 0.3) is 0 Å². The van der Waals surface area contributed by atoms with E-state index in [-0.39, 0.29) is 18.7 Å². The average molecular weight is 392 g/mol. The number of thioether (sulfide) groups is 1. The molecule has 0 aliphatic carbocycles. The Balaban J connectivity index is 1.85. The number of rotatable bonds is 6. The minimum absolute atomic E-state index is 0.00179. The summed E-state index contributed by atoms with van der Waals surface area (Å²) in [4.78, 5) is 4.29. The highest BCUT2D eigenvalue weighted by molar-refractivity contribution is 7.98. The Hall–Kier alpha value is -2.25. The van der Waals surface area contributed by atoms with E-state index in [0.29, 0.717) is 16.6 Å². The van der Waals surface area contributed by atoms with Crippen molar-refractivity contribution >= 4 is 11.8 Å². The van der Waals surface area contributed by atoms with Gasteiger partial charge >= 0.3 is 6.18 Å². The van der Waals surface area contributed by atoms with Gasteiger partial charge in [-0.25, -0.2) is 4.98 Å². The molecule has 3 aromatic rings. The van der Waals surface area contributed by atoms with E-state index in [2.05, 4.69) is 4.98 Å². The van der Waals surface area contributed by atoms with E-state index in [4.69, 9.17) is 0 Å². The third-order valence-corrected chi connectivity index (χ3v) is 5.27. The molecule has 0 unspecified atom stereocenters. The summed E-state index contributed by atoms with van der Waals surface area (Å²) in [6, 6.07) is 13.5. The number of imidazole rings is 1. The number of aliphatic hydroxyl groups is 1. The molecule has 2 aromatic carbocycles. The predicted molar refractivity (Wildman–Crippen MR) is 99.4 cm³/mol. The Kier molecular flexibility index (Phi) is 5.92. The fourth-order valence-electron chi connectivity index (χ4n) is 2.74. The molecule has 3 rings (SSSR count).